The Bertz CT molecular complexity index is 1280. The summed E-state index contributed by atoms with van der Waals surface area (Å²) < 4.78 is 3.31. The molecule has 0 spiro atoms. The molecule has 0 aliphatic carbocycles. The number of aromatic nitrogens is 2. The van der Waals surface area contributed by atoms with Crippen molar-refractivity contribution in [2.24, 2.45) is 0 Å². The van der Waals surface area contributed by atoms with Crippen LogP contribution in [0.3, 0.4) is 0 Å². The second kappa shape index (κ2) is 7.66. The summed E-state index contributed by atoms with van der Waals surface area (Å²) in [5, 5.41) is 10.2. The van der Waals surface area contributed by atoms with E-state index in [2.05, 4.69) is 0 Å². The van der Waals surface area contributed by atoms with Crippen LogP contribution < -0.4 is 11.2 Å². The van der Waals surface area contributed by atoms with Crippen molar-refractivity contribution in [3.05, 3.63) is 110 Å². The fourth-order valence-corrected chi connectivity index (χ4v) is 3.61. The minimum atomic E-state index is -0.198. The van der Waals surface area contributed by atoms with Gasteiger partial charge >= 0.3 is 0 Å². The number of benzene rings is 3. The molecule has 0 aliphatic rings. The van der Waals surface area contributed by atoms with Crippen LogP contribution >= 0.6 is 23.2 Å². The molecule has 4 nitrogen and oxygen atoms in total. The van der Waals surface area contributed by atoms with Gasteiger partial charge in [-0.1, -0.05) is 71.7 Å². The second-order valence-electron chi connectivity index (χ2n) is 6.55. The molecule has 140 valence electrons. The maximum atomic E-state index is 13.1. The van der Waals surface area contributed by atoms with E-state index >= 15 is 0 Å². The normalized spacial score (nSPS) is 11.1. The molecular weight excluding hydrogens is 393 g/mol. The van der Waals surface area contributed by atoms with Crippen LogP contribution in [0.1, 0.15) is 11.1 Å². The number of nitrogens with zero attached hydrogens (tertiary/aromatic N) is 2. The van der Waals surface area contributed by atoms with Crippen LogP contribution in [-0.2, 0) is 13.1 Å². The summed E-state index contributed by atoms with van der Waals surface area (Å²) in [6, 6.07) is 22.5. The molecule has 4 aromatic rings. The van der Waals surface area contributed by atoms with Gasteiger partial charge in [-0.05, 0) is 35.4 Å². The van der Waals surface area contributed by atoms with Crippen LogP contribution in [-0.4, -0.2) is 9.13 Å². The van der Waals surface area contributed by atoms with Gasteiger partial charge in [0.25, 0.3) is 5.56 Å². The van der Waals surface area contributed by atoms with Crippen molar-refractivity contribution in [1.82, 2.24) is 9.13 Å². The number of para-hydroxylation sites is 1. The Morgan fingerprint density at radius 3 is 2.18 bits per heavy atom. The number of hydrogen-bond donors (Lipinski definition) is 1. The number of halogens is 2. The Hall–Kier alpha value is -2.82. The van der Waals surface area contributed by atoms with Gasteiger partial charge in [0.05, 0.1) is 34.0 Å². The molecule has 0 amide bonds. The van der Waals surface area contributed by atoms with E-state index in [0.29, 0.717) is 22.0 Å². The van der Waals surface area contributed by atoms with Gasteiger partial charge in [-0.2, -0.15) is 0 Å². The number of nitrogens with one attached hydrogen (secondary N) is 1. The molecule has 0 unspecified atom stereocenters. The predicted molar refractivity (Wildman–Crippen MR) is 113 cm³/mol. The van der Waals surface area contributed by atoms with Crippen LogP contribution in [0.15, 0.2) is 77.6 Å². The fraction of sp³-hybridized carbons (Fsp3) is 0.0909. The van der Waals surface area contributed by atoms with Gasteiger partial charge in [-0.3, -0.25) is 14.8 Å². The lowest BCUT2D eigenvalue weighted by Crippen LogP contribution is -2.40. The van der Waals surface area contributed by atoms with Crippen LogP contribution in [0.4, 0.5) is 0 Å². The highest BCUT2D eigenvalue weighted by Crippen LogP contribution is 2.22. The highest BCUT2D eigenvalue weighted by Gasteiger charge is 2.12. The van der Waals surface area contributed by atoms with Crippen molar-refractivity contribution in [1.29, 1.82) is 5.41 Å². The monoisotopic (exact) mass is 409 g/mol. The van der Waals surface area contributed by atoms with E-state index < -0.39 is 0 Å². The molecule has 1 N–H and O–H groups in total. The Balaban J connectivity index is 1.90. The Labute approximate surface area is 171 Å². The molecule has 0 bridgehead atoms. The van der Waals surface area contributed by atoms with Gasteiger partial charge < -0.3 is 4.57 Å². The number of fused-ring (bicyclic) bond motifs is 1. The summed E-state index contributed by atoms with van der Waals surface area (Å²) in [4.78, 5) is 13.1. The molecule has 1 heterocycles. The third kappa shape index (κ3) is 3.49. The first-order valence-electron chi connectivity index (χ1n) is 8.79. The van der Waals surface area contributed by atoms with Crippen molar-refractivity contribution in [3.8, 4) is 0 Å². The quantitative estimate of drug-likeness (QED) is 0.522. The first-order chi connectivity index (χ1) is 13.5. The highest BCUT2D eigenvalue weighted by atomic mass is 35.5. The first kappa shape index (κ1) is 18.5. The van der Waals surface area contributed by atoms with E-state index in [4.69, 9.17) is 28.6 Å². The smallest absolute Gasteiger partial charge is 0.263 e. The third-order valence-corrected chi connectivity index (χ3v) is 5.43. The van der Waals surface area contributed by atoms with E-state index in [-0.39, 0.29) is 17.7 Å². The lowest BCUT2D eigenvalue weighted by atomic mass is 10.2. The van der Waals surface area contributed by atoms with Gasteiger partial charge in [-0.15, -0.1) is 0 Å². The zero-order valence-corrected chi connectivity index (χ0v) is 16.4. The zero-order valence-electron chi connectivity index (χ0n) is 14.9. The molecule has 6 heteroatoms. The molecule has 4 rings (SSSR count). The van der Waals surface area contributed by atoms with E-state index in [0.717, 1.165) is 16.6 Å². The Morgan fingerprint density at radius 2 is 1.43 bits per heavy atom. The van der Waals surface area contributed by atoms with Crippen molar-refractivity contribution >= 4 is 34.1 Å². The van der Waals surface area contributed by atoms with Gasteiger partial charge in [0, 0.05) is 0 Å². The van der Waals surface area contributed by atoms with E-state index in [1.54, 1.807) is 18.2 Å². The molecule has 3 aromatic carbocycles. The molecule has 0 aliphatic heterocycles. The van der Waals surface area contributed by atoms with Crippen LogP contribution in [0, 0.1) is 5.41 Å². The summed E-state index contributed by atoms with van der Waals surface area (Å²) in [5.41, 5.74) is 2.55. The predicted octanol–water partition coefficient (Wildman–Crippen LogP) is 4.69. The topological polar surface area (TPSA) is 50.8 Å². The summed E-state index contributed by atoms with van der Waals surface area (Å²) in [6.45, 7) is 0.746. The maximum Gasteiger partial charge on any atom is 0.263 e. The summed E-state index contributed by atoms with van der Waals surface area (Å²) >= 11 is 12.1. The second-order valence-corrected chi connectivity index (χ2v) is 7.37. The van der Waals surface area contributed by atoms with Crippen LogP contribution in [0.5, 0.6) is 0 Å². The first-order valence-corrected chi connectivity index (χ1v) is 9.55. The molecule has 0 fully saturated rings. The highest BCUT2D eigenvalue weighted by molar-refractivity contribution is 6.42. The molecule has 28 heavy (non-hydrogen) atoms. The van der Waals surface area contributed by atoms with Crippen molar-refractivity contribution in [3.63, 3.8) is 0 Å². The maximum absolute atomic E-state index is 13.1. The number of rotatable bonds is 4. The minimum Gasteiger partial charge on any atom is -0.307 e. The lowest BCUT2D eigenvalue weighted by molar-refractivity contribution is 0.603. The number of hydrogen-bond acceptors (Lipinski definition) is 2. The van der Waals surface area contributed by atoms with Crippen LogP contribution in [0.2, 0.25) is 10.0 Å². The van der Waals surface area contributed by atoms with Gasteiger partial charge in [0.2, 0.25) is 5.62 Å². The van der Waals surface area contributed by atoms with Crippen molar-refractivity contribution < 1.29 is 0 Å². The van der Waals surface area contributed by atoms with Gasteiger partial charge in [0.15, 0.2) is 0 Å². The molecule has 0 saturated heterocycles. The van der Waals surface area contributed by atoms with Gasteiger partial charge in [0.1, 0.15) is 0 Å². The third-order valence-electron chi connectivity index (χ3n) is 4.69. The standard InChI is InChI=1S/C22H17Cl2N3O/c23-18-11-10-16(12-19(18)24)14-27-21(28)17-8-4-5-9-20(17)26(22(27)25)13-15-6-2-1-3-7-15/h1-12,25H,13-14H2. The lowest BCUT2D eigenvalue weighted by Gasteiger charge is -2.16. The van der Waals surface area contributed by atoms with Crippen molar-refractivity contribution in [2.45, 2.75) is 13.1 Å². The van der Waals surface area contributed by atoms with Crippen molar-refractivity contribution in [2.75, 3.05) is 0 Å². The summed E-state index contributed by atoms with van der Waals surface area (Å²) in [5.74, 6) is 0. The van der Waals surface area contributed by atoms with Gasteiger partial charge in [-0.25, -0.2) is 0 Å². The van der Waals surface area contributed by atoms with E-state index in [9.17, 15) is 4.79 Å². The SMILES string of the molecule is N=c1n(Cc2ccc(Cl)c(Cl)c2)c(=O)c2ccccc2n1Cc1ccccc1. The molecular formula is C22H17Cl2N3O. The largest absolute Gasteiger partial charge is 0.307 e. The molecule has 0 radical (unpaired) electrons. The average molecular weight is 410 g/mol. The van der Waals surface area contributed by atoms with E-state index in [1.165, 1.54) is 4.57 Å². The molecule has 0 atom stereocenters. The average Bonchev–Trinajstić information content (AvgIpc) is 2.72. The Kier molecular flexibility index (Phi) is 5.07. The minimum absolute atomic E-state index is 0.138. The Morgan fingerprint density at radius 1 is 0.750 bits per heavy atom. The van der Waals surface area contributed by atoms with Crippen LogP contribution in [0.25, 0.3) is 10.9 Å². The summed E-state index contributed by atoms with van der Waals surface area (Å²) in [6.07, 6.45) is 0. The summed E-state index contributed by atoms with van der Waals surface area (Å²) in [7, 11) is 0. The van der Waals surface area contributed by atoms with E-state index in [1.807, 2.05) is 59.2 Å². The zero-order chi connectivity index (χ0) is 19.7. The fourth-order valence-electron chi connectivity index (χ4n) is 3.28. The molecule has 0 saturated carbocycles. The molecule has 1 aromatic heterocycles.